The summed E-state index contributed by atoms with van der Waals surface area (Å²) in [4.78, 5) is -9.70. The predicted octanol–water partition coefficient (Wildman–Crippen LogP) is 14.8. The Labute approximate surface area is 307 Å². The molecule has 0 bridgehead atoms. The zero-order chi connectivity index (χ0) is 44.9. The summed E-state index contributed by atoms with van der Waals surface area (Å²) in [5.41, 5.74) is -21.9. The number of hydrogen-bond donors (Lipinski definition) is 0. The van der Waals surface area contributed by atoms with Crippen LogP contribution in [0.4, 0.5) is 105 Å². The first-order chi connectivity index (χ1) is 25.6. The van der Waals surface area contributed by atoms with Gasteiger partial charge in [0.15, 0.2) is 0 Å². The van der Waals surface area contributed by atoms with Crippen molar-refractivity contribution in [2.24, 2.45) is 0 Å². The van der Waals surface area contributed by atoms with Gasteiger partial charge < -0.3 is 0 Å². The van der Waals surface area contributed by atoms with Crippen LogP contribution in [0, 0.1) is 0 Å². The second-order valence-electron chi connectivity index (χ2n) is 12.1. The van der Waals surface area contributed by atoms with Crippen molar-refractivity contribution >= 4 is 15.3 Å². The van der Waals surface area contributed by atoms with Crippen LogP contribution in [0.5, 0.6) is 0 Å². The summed E-state index contributed by atoms with van der Waals surface area (Å²) in [6.07, 6.45) is -49.5. The number of alkyl halides is 24. The van der Waals surface area contributed by atoms with E-state index in [0.29, 0.717) is 0 Å². The Morgan fingerprint density at radius 2 is 0.328 bits per heavy atom. The van der Waals surface area contributed by atoms with Gasteiger partial charge in [-0.2, -0.15) is 0 Å². The van der Waals surface area contributed by atoms with Gasteiger partial charge in [0.1, 0.15) is 0 Å². The molecule has 0 saturated heterocycles. The minimum atomic E-state index is -7.82. The number of hydrogen-bond acceptors (Lipinski definition) is 0. The Morgan fingerprint density at radius 1 is 0.224 bits per heavy atom. The number of rotatable bonds is 4. The molecule has 0 heterocycles. The molecular formula is C32H12BF24S. The van der Waals surface area contributed by atoms with Crippen molar-refractivity contribution in [1.82, 2.24) is 0 Å². The van der Waals surface area contributed by atoms with E-state index in [1.54, 1.807) is 0 Å². The van der Waals surface area contributed by atoms with Crippen LogP contribution in [0.25, 0.3) is 0 Å². The van der Waals surface area contributed by atoms with Crippen molar-refractivity contribution in [1.29, 1.82) is 0 Å². The van der Waals surface area contributed by atoms with E-state index >= 15 is 0 Å². The van der Waals surface area contributed by atoms with Gasteiger partial charge >= 0.3 is 307 Å². The van der Waals surface area contributed by atoms with E-state index in [9.17, 15) is 105 Å². The topological polar surface area (TPSA) is 0 Å². The molecule has 0 saturated carbocycles. The minimum absolute atomic E-state index is 0.786. The predicted molar refractivity (Wildman–Crippen MR) is 152 cm³/mol. The van der Waals surface area contributed by atoms with Gasteiger partial charge in [-0.1, -0.05) is 0 Å². The second kappa shape index (κ2) is 13.6. The van der Waals surface area contributed by atoms with Gasteiger partial charge in [0.25, 0.3) is 0 Å². The van der Waals surface area contributed by atoms with Crippen LogP contribution in [0.2, 0.25) is 0 Å². The van der Waals surface area contributed by atoms with Crippen molar-refractivity contribution in [3.63, 3.8) is 0 Å². The quantitative estimate of drug-likeness (QED) is 0.141. The molecule has 4 aromatic carbocycles. The average molecular weight is 895 g/mol. The second-order valence-corrected chi connectivity index (χ2v) is 16.1. The maximum absolute atomic E-state index is 14.3. The molecule has 0 aromatic heterocycles. The Kier molecular flexibility index (Phi) is 10.8. The van der Waals surface area contributed by atoms with E-state index in [2.05, 4.69) is 0 Å². The molecule has 0 aliphatic carbocycles. The Morgan fingerprint density at radius 3 is 0.414 bits per heavy atom. The van der Waals surface area contributed by atoms with Crippen molar-refractivity contribution < 1.29 is 105 Å². The molecular weight excluding hydrogens is 883 g/mol. The van der Waals surface area contributed by atoms with Gasteiger partial charge in [-0.3, -0.25) is 0 Å². The normalized spacial score (nSPS) is 15.0. The Bertz CT molecular complexity index is 1840. The molecule has 26 heteroatoms. The van der Waals surface area contributed by atoms with E-state index < -0.39 is 195 Å². The monoisotopic (exact) mass is 895 g/mol. The average Bonchev–Trinajstić information content (AvgIpc) is 3.04. The molecule has 0 atom stereocenters. The van der Waals surface area contributed by atoms with Crippen molar-refractivity contribution in [2.75, 3.05) is 0 Å². The van der Waals surface area contributed by atoms with Crippen LogP contribution in [0.15, 0.2) is 92.4 Å². The van der Waals surface area contributed by atoms with Crippen LogP contribution in [-0.2, 0) is 49.4 Å². The van der Waals surface area contributed by atoms with Crippen LogP contribution >= 0.6 is 8.59 Å². The zero-order valence-corrected chi connectivity index (χ0v) is 27.8. The first kappa shape index (κ1) is 46.3. The van der Waals surface area contributed by atoms with Gasteiger partial charge in [-0.15, -0.1) is 0 Å². The van der Waals surface area contributed by atoms with Crippen molar-refractivity contribution in [2.45, 2.75) is 69.0 Å². The standard InChI is InChI=1S/C32H12BF24S/c33-58(21-5-13(25(34,35)36)1-14(6-21)26(37,38)39,22-7-15(27(40,41)42)2-16(8-22)28(43,44)45,23-9-17(29(46,47)48)3-18(10-23)30(49,50)51)24-11-19(31(52,53)54)4-20(12-24)32(55,56)57/h1-12H. The Balaban J connectivity index is 2.70. The van der Waals surface area contributed by atoms with Gasteiger partial charge in [0.05, 0.1) is 0 Å². The van der Waals surface area contributed by atoms with E-state index in [0.717, 1.165) is 0 Å². The van der Waals surface area contributed by atoms with Crippen LogP contribution in [-0.4, -0.2) is 6.72 Å². The molecule has 0 unspecified atom stereocenters. The summed E-state index contributed by atoms with van der Waals surface area (Å²) in [6, 6.07) is -9.75. The number of benzene rings is 4. The summed E-state index contributed by atoms with van der Waals surface area (Å²) in [5, 5.41) is 0. The molecule has 0 N–H and O–H groups in total. The summed E-state index contributed by atoms with van der Waals surface area (Å²) in [5.74, 6) is 0. The fraction of sp³-hybridized carbons (Fsp3) is 0.250. The summed E-state index contributed by atoms with van der Waals surface area (Å²) < 4.78 is 343. The molecule has 0 aliphatic heterocycles. The third kappa shape index (κ3) is 8.65. The van der Waals surface area contributed by atoms with E-state index in [1.807, 2.05) is 0 Å². The van der Waals surface area contributed by atoms with E-state index in [4.69, 9.17) is 6.72 Å². The fourth-order valence-electron chi connectivity index (χ4n) is 5.50. The van der Waals surface area contributed by atoms with Crippen molar-refractivity contribution in [3.8, 4) is 0 Å². The Hall–Kier alpha value is -4.39. The third-order valence-electron chi connectivity index (χ3n) is 8.20. The van der Waals surface area contributed by atoms with Crippen LogP contribution in [0.1, 0.15) is 44.5 Å². The number of halogens is 24. The van der Waals surface area contributed by atoms with Gasteiger partial charge in [0.2, 0.25) is 0 Å². The first-order valence-electron chi connectivity index (χ1n) is 14.5. The molecule has 317 valence electrons. The van der Waals surface area contributed by atoms with E-state index in [-0.39, 0.29) is 0 Å². The third-order valence-corrected chi connectivity index (χ3v) is 13.1. The summed E-state index contributed by atoms with van der Waals surface area (Å²) in [7, 11) is -7.82. The molecule has 0 spiro atoms. The fourth-order valence-corrected chi connectivity index (χ4v) is 10.1. The molecule has 58 heavy (non-hydrogen) atoms. The summed E-state index contributed by atoms with van der Waals surface area (Å²) >= 11 is 0. The van der Waals surface area contributed by atoms with Crippen LogP contribution in [0.3, 0.4) is 0 Å². The van der Waals surface area contributed by atoms with Crippen molar-refractivity contribution in [3.05, 3.63) is 117 Å². The SMILES string of the molecule is [B]=S(c1cc(C(F)(F)F)cc(C(F)(F)F)c1)(c1cc(C(F)(F)F)cc(C(F)(F)F)c1)(c1cc(C(F)(F)F)cc(C(F)(F)F)c1)c1cc(C(F)(F)F)cc(C(F)(F)F)c1. The molecule has 1 radical (unpaired) electrons. The summed E-state index contributed by atoms with van der Waals surface area (Å²) in [6.45, 7) is 6.47. The maximum atomic E-state index is 14.3. The van der Waals surface area contributed by atoms with Gasteiger partial charge in [0, 0.05) is 0 Å². The zero-order valence-electron chi connectivity index (χ0n) is 27.0. The van der Waals surface area contributed by atoms with Gasteiger partial charge in [-0.25, -0.2) is 0 Å². The van der Waals surface area contributed by atoms with E-state index in [1.165, 1.54) is 0 Å². The molecule has 0 nitrogen and oxygen atoms in total. The van der Waals surface area contributed by atoms with Gasteiger partial charge in [-0.05, 0) is 0 Å². The molecule has 0 fully saturated rings. The first-order valence-corrected chi connectivity index (χ1v) is 16.6. The molecule has 4 aromatic rings. The molecule has 4 rings (SSSR count). The molecule has 0 aliphatic rings. The molecule has 0 amide bonds. The van der Waals surface area contributed by atoms with Crippen LogP contribution < -0.4 is 0 Å².